The van der Waals surface area contributed by atoms with E-state index in [0.717, 1.165) is 9.87 Å². The third-order valence-corrected chi connectivity index (χ3v) is 9.76. The molecular weight excluding hydrogens is 617 g/mol. The molecule has 10 heteroatoms. The van der Waals surface area contributed by atoms with Crippen LogP contribution in [0.25, 0.3) is 0 Å². The van der Waals surface area contributed by atoms with Crippen molar-refractivity contribution in [1.29, 1.82) is 0 Å². The number of halogens is 2. The van der Waals surface area contributed by atoms with E-state index in [1.807, 2.05) is 44.2 Å². The summed E-state index contributed by atoms with van der Waals surface area (Å²) in [7, 11) is -4.24. The van der Waals surface area contributed by atoms with E-state index in [2.05, 4.69) is 5.32 Å². The Labute approximate surface area is 269 Å². The van der Waals surface area contributed by atoms with Crippen LogP contribution < -0.4 is 9.62 Å². The van der Waals surface area contributed by atoms with Gasteiger partial charge in [-0.15, -0.1) is 0 Å². The van der Waals surface area contributed by atoms with Gasteiger partial charge in [-0.2, -0.15) is 0 Å². The summed E-state index contributed by atoms with van der Waals surface area (Å²) in [4.78, 5) is 29.8. The van der Waals surface area contributed by atoms with Gasteiger partial charge in [0.2, 0.25) is 11.8 Å². The van der Waals surface area contributed by atoms with Crippen LogP contribution in [0.4, 0.5) is 5.69 Å². The third-order valence-electron chi connectivity index (χ3n) is 7.30. The zero-order valence-corrected chi connectivity index (χ0v) is 26.9. The molecule has 7 nitrogen and oxygen atoms in total. The molecule has 0 spiro atoms. The van der Waals surface area contributed by atoms with Gasteiger partial charge in [-0.1, -0.05) is 109 Å². The van der Waals surface area contributed by atoms with Crippen molar-refractivity contribution < 1.29 is 18.0 Å². The topological polar surface area (TPSA) is 86.8 Å². The molecule has 0 saturated carbocycles. The lowest BCUT2D eigenvalue weighted by molar-refractivity contribution is -0.140. The van der Waals surface area contributed by atoms with E-state index in [0.29, 0.717) is 17.0 Å². The number of nitrogens with one attached hydrogen (secondary N) is 1. The molecule has 44 heavy (non-hydrogen) atoms. The summed E-state index contributed by atoms with van der Waals surface area (Å²) in [6, 6.07) is 29.6. The van der Waals surface area contributed by atoms with Crippen molar-refractivity contribution in [3.05, 3.63) is 130 Å². The lowest BCUT2D eigenvalue weighted by Gasteiger charge is -2.34. The second-order valence-electron chi connectivity index (χ2n) is 10.4. The van der Waals surface area contributed by atoms with Crippen LogP contribution in [0.5, 0.6) is 0 Å². The summed E-state index contributed by atoms with van der Waals surface area (Å²) in [6.45, 7) is 3.22. The highest BCUT2D eigenvalue weighted by atomic mass is 35.5. The molecule has 0 saturated heterocycles. The van der Waals surface area contributed by atoms with Crippen molar-refractivity contribution in [3.63, 3.8) is 0 Å². The molecule has 0 aliphatic rings. The third kappa shape index (κ3) is 8.20. The first-order valence-electron chi connectivity index (χ1n) is 14.3. The minimum absolute atomic E-state index is 0.000669. The van der Waals surface area contributed by atoms with E-state index in [4.69, 9.17) is 23.2 Å². The van der Waals surface area contributed by atoms with Gasteiger partial charge in [-0.3, -0.25) is 13.9 Å². The summed E-state index contributed by atoms with van der Waals surface area (Å²) in [5, 5.41) is 3.60. The zero-order valence-electron chi connectivity index (χ0n) is 24.6. The smallest absolute Gasteiger partial charge is 0.264 e. The molecule has 0 heterocycles. The van der Waals surface area contributed by atoms with Gasteiger partial charge in [0.1, 0.15) is 12.6 Å². The molecule has 0 aliphatic heterocycles. The number of nitrogens with zero attached hydrogens (tertiary/aromatic N) is 2. The van der Waals surface area contributed by atoms with Crippen LogP contribution in [0.15, 0.2) is 114 Å². The van der Waals surface area contributed by atoms with Crippen LogP contribution in [-0.4, -0.2) is 43.8 Å². The maximum Gasteiger partial charge on any atom is 0.264 e. The van der Waals surface area contributed by atoms with E-state index in [1.165, 1.54) is 17.0 Å². The first kappa shape index (κ1) is 33.1. The van der Waals surface area contributed by atoms with Crippen LogP contribution in [0.2, 0.25) is 10.0 Å². The fourth-order valence-electron chi connectivity index (χ4n) is 4.69. The number of hydrogen-bond acceptors (Lipinski definition) is 4. The number of carbonyl (C=O) groups excluding carboxylic acids is 2. The number of benzene rings is 4. The molecule has 2 amide bonds. The molecular formula is C34H35Cl2N3O4S. The highest BCUT2D eigenvalue weighted by Gasteiger charge is 2.35. The molecule has 230 valence electrons. The summed E-state index contributed by atoms with van der Waals surface area (Å²) < 4.78 is 29.1. The number of amides is 2. The monoisotopic (exact) mass is 651 g/mol. The standard InChI is InChI=1S/C34H35Cl2N3O4S/c1-3-25(2)37-34(41)32(22-26-14-6-4-7-15-26)38(23-27-16-10-11-19-29(27)35)33(40)24-39(31-21-13-12-20-30(31)36)44(42,43)28-17-8-5-9-18-28/h4-21,25,32H,3,22-24H2,1-2H3,(H,37,41)/t25-,32-/m1/s1. The molecule has 4 aromatic rings. The molecule has 1 N–H and O–H groups in total. The lowest BCUT2D eigenvalue weighted by Crippen LogP contribution is -2.54. The number of carbonyl (C=O) groups is 2. The second-order valence-corrected chi connectivity index (χ2v) is 13.1. The SMILES string of the molecule is CC[C@@H](C)NC(=O)[C@@H](Cc1ccccc1)N(Cc1ccccc1Cl)C(=O)CN(c1ccccc1Cl)S(=O)(=O)c1ccccc1. The van der Waals surface area contributed by atoms with E-state index >= 15 is 0 Å². The normalized spacial score (nSPS) is 12.6. The fourth-order valence-corrected chi connectivity index (χ4v) is 6.63. The van der Waals surface area contributed by atoms with Gasteiger partial charge >= 0.3 is 0 Å². The highest BCUT2D eigenvalue weighted by molar-refractivity contribution is 7.92. The van der Waals surface area contributed by atoms with Crippen molar-refractivity contribution in [2.45, 2.75) is 50.2 Å². The Morgan fingerprint density at radius 3 is 1.98 bits per heavy atom. The van der Waals surface area contributed by atoms with Gasteiger partial charge in [-0.25, -0.2) is 8.42 Å². The average molecular weight is 653 g/mol. The number of sulfonamides is 1. The second kappa shape index (κ2) is 15.2. The van der Waals surface area contributed by atoms with Crippen LogP contribution in [0.3, 0.4) is 0 Å². The number of rotatable bonds is 13. The van der Waals surface area contributed by atoms with Gasteiger partial charge in [0, 0.05) is 24.0 Å². The summed E-state index contributed by atoms with van der Waals surface area (Å²) >= 11 is 13.0. The summed E-state index contributed by atoms with van der Waals surface area (Å²) in [5.41, 5.74) is 1.61. The van der Waals surface area contributed by atoms with E-state index in [-0.39, 0.29) is 40.5 Å². The Hall–Kier alpha value is -3.85. The quantitative estimate of drug-likeness (QED) is 0.173. The Morgan fingerprint density at radius 2 is 1.36 bits per heavy atom. The van der Waals surface area contributed by atoms with Gasteiger partial charge in [0.15, 0.2) is 0 Å². The molecule has 0 bridgehead atoms. The van der Waals surface area contributed by atoms with Gasteiger partial charge < -0.3 is 10.2 Å². The average Bonchev–Trinajstić information content (AvgIpc) is 3.03. The largest absolute Gasteiger partial charge is 0.352 e. The number of hydrogen-bond donors (Lipinski definition) is 1. The predicted molar refractivity (Wildman–Crippen MR) is 176 cm³/mol. The predicted octanol–water partition coefficient (Wildman–Crippen LogP) is 6.74. The lowest BCUT2D eigenvalue weighted by atomic mass is 10.0. The van der Waals surface area contributed by atoms with Crippen molar-refractivity contribution >= 4 is 50.7 Å². The van der Waals surface area contributed by atoms with E-state index < -0.39 is 28.5 Å². The first-order valence-corrected chi connectivity index (χ1v) is 16.5. The molecule has 0 aromatic heterocycles. The molecule has 4 rings (SSSR count). The first-order chi connectivity index (χ1) is 21.1. The van der Waals surface area contributed by atoms with Crippen LogP contribution in [0, 0.1) is 0 Å². The van der Waals surface area contributed by atoms with Crippen LogP contribution >= 0.6 is 23.2 Å². The van der Waals surface area contributed by atoms with Crippen molar-refractivity contribution in [2.75, 3.05) is 10.8 Å². The number of anilines is 1. The van der Waals surface area contributed by atoms with E-state index in [9.17, 15) is 18.0 Å². The molecule has 0 aliphatic carbocycles. The number of para-hydroxylation sites is 1. The van der Waals surface area contributed by atoms with Crippen LogP contribution in [-0.2, 0) is 32.6 Å². The highest BCUT2D eigenvalue weighted by Crippen LogP contribution is 2.31. The Kier molecular flexibility index (Phi) is 11.4. The maximum absolute atomic E-state index is 14.5. The van der Waals surface area contributed by atoms with Crippen LogP contribution in [0.1, 0.15) is 31.4 Å². The van der Waals surface area contributed by atoms with Gasteiger partial charge in [0.05, 0.1) is 15.6 Å². The Bertz CT molecular complexity index is 1670. The van der Waals surface area contributed by atoms with Gasteiger partial charge in [-0.05, 0) is 54.8 Å². The van der Waals surface area contributed by atoms with Gasteiger partial charge in [0.25, 0.3) is 10.0 Å². The van der Waals surface area contributed by atoms with Crippen molar-refractivity contribution in [2.24, 2.45) is 0 Å². The molecule has 0 unspecified atom stereocenters. The van der Waals surface area contributed by atoms with Crippen molar-refractivity contribution in [3.8, 4) is 0 Å². The molecule has 0 fully saturated rings. The fraction of sp³-hybridized carbons (Fsp3) is 0.235. The minimum Gasteiger partial charge on any atom is -0.352 e. The summed E-state index contributed by atoms with van der Waals surface area (Å²) in [5.74, 6) is -0.941. The zero-order chi connectivity index (χ0) is 31.7. The summed E-state index contributed by atoms with van der Waals surface area (Å²) in [6.07, 6.45) is 0.898. The van der Waals surface area contributed by atoms with E-state index in [1.54, 1.807) is 66.7 Å². The maximum atomic E-state index is 14.5. The van der Waals surface area contributed by atoms with Crippen molar-refractivity contribution in [1.82, 2.24) is 10.2 Å². The molecule has 2 atom stereocenters. The molecule has 4 aromatic carbocycles. The Balaban J connectivity index is 1.82. The minimum atomic E-state index is -4.24. The molecule has 0 radical (unpaired) electrons. The Morgan fingerprint density at radius 1 is 0.795 bits per heavy atom.